The minimum atomic E-state index is 0.205. The summed E-state index contributed by atoms with van der Waals surface area (Å²) in [4.78, 5) is 72.0. The Labute approximate surface area is 908 Å². The van der Waals surface area contributed by atoms with E-state index in [4.69, 9.17) is 0 Å². The van der Waals surface area contributed by atoms with Gasteiger partial charge in [0.15, 0.2) is 0 Å². The quantitative estimate of drug-likeness (QED) is 0.0562. The molecule has 0 radical (unpaired) electrons. The van der Waals surface area contributed by atoms with Crippen LogP contribution < -0.4 is 0 Å². The fourth-order valence-corrected chi connectivity index (χ4v) is 23.6. The SMILES string of the molecule is CCCCCCCCCC(CCCCCCCC(=O)CC(C)C)C(CCCCCCCCC)CCCCCCCC(=O)CC(C)C.CCCCCCCCCC(CCCCCCCCCC(=O)C(C)C)C(CCCCCCCCC)CCCCCCCCCC(=O)C(C)C.CCCCCCCCCC(CCCCCCCCCC(=O)CC(C)C)C(CCCCCCCCC)CCCCCCCCCC(=O)CC(C)C. The first-order valence-corrected chi connectivity index (χ1v) is 67.0. The smallest absolute Gasteiger partial charge is 0.135 e. The van der Waals surface area contributed by atoms with E-state index in [9.17, 15) is 28.8 Å². The summed E-state index contributed by atoms with van der Waals surface area (Å²) in [5.74, 6) is 10.8. The molecule has 0 saturated carbocycles. The van der Waals surface area contributed by atoms with Crippen LogP contribution in [0.2, 0.25) is 0 Å². The number of carbonyl (C=O) groups excluding carboxylic acids is 6. The van der Waals surface area contributed by atoms with Crippen LogP contribution in [-0.2, 0) is 28.8 Å². The third-order valence-corrected chi connectivity index (χ3v) is 33.0. The van der Waals surface area contributed by atoms with Crippen LogP contribution in [0.25, 0.3) is 0 Å². The summed E-state index contributed by atoms with van der Waals surface area (Å²) in [7, 11) is 0. The average Bonchev–Trinajstić information content (AvgIpc) is 0.919. The van der Waals surface area contributed by atoms with E-state index in [-0.39, 0.29) is 11.8 Å². The van der Waals surface area contributed by atoms with Crippen molar-refractivity contribution in [2.75, 3.05) is 0 Å². The molecule has 0 aliphatic heterocycles. The molecule has 0 spiro atoms. The zero-order valence-corrected chi connectivity index (χ0v) is 103. The molecule has 0 aliphatic carbocycles. The lowest BCUT2D eigenvalue weighted by Gasteiger charge is -2.28. The van der Waals surface area contributed by atoms with E-state index in [1.807, 2.05) is 27.7 Å². The molecule has 0 aromatic carbocycles. The molecule has 858 valence electrons. The molecular formula is C138H270O6. The largest absolute Gasteiger partial charge is 0.300 e. The van der Waals surface area contributed by atoms with Crippen molar-refractivity contribution in [3.05, 3.63) is 0 Å². The van der Waals surface area contributed by atoms with Gasteiger partial charge in [-0.05, 0) is 97.7 Å². The zero-order valence-electron chi connectivity index (χ0n) is 103. The molecule has 6 unspecified atom stereocenters. The van der Waals surface area contributed by atoms with Crippen molar-refractivity contribution in [3.8, 4) is 0 Å². The predicted molar refractivity (Wildman–Crippen MR) is 645 cm³/mol. The molecule has 6 atom stereocenters. The number of rotatable bonds is 117. The third-order valence-electron chi connectivity index (χ3n) is 33.0. The van der Waals surface area contributed by atoms with Gasteiger partial charge in [0.25, 0.3) is 0 Å². The molecule has 0 fully saturated rings. The lowest BCUT2D eigenvalue weighted by atomic mass is 9.78. The Morgan fingerprint density at radius 3 is 0.326 bits per heavy atom. The first-order valence-electron chi connectivity index (χ1n) is 67.0. The first kappa shape index (κ1) is 146. The van der Waals surface area contributed by atoms with E-state index in [2.05, 4.69) is 96.9 Å². The Morgan fingerprint density at radius 2 is 0.222 bits per heavy atom. The fourth-order valence-electron chi connectivity index (χ4n) is 23.6. The van der Waals surface area contributed by atoms with Crippen LogP contribution in [0.5, 0.6) is 0 Å². The molecule has 0 aromatic heterocycles. The van der Waals surface area contributed by atoms with Gasteiger partial charge in [-0.25, -0.2) is 0 Å². The number of Topliss-reactive ketones (excluding diaryl/α,β-unsaturated/α-hetero) is 6. The molecule has 0 aliphatic rings. The Kier molecular flexibility index (Phi) is 118. The van der Waals surface area contributed by atoms with Gasteiger partial charge in [-0.1, -0.05) is 677 Å². The summed E-state index contributed by atoms with van der Waals surface area (Å²) in [6, 6.07) is 0. The van der Waals surface area contributed by atoms with Crippen LogP contribution >= 0.6 is 0 Å². The maximum atomic E-state index is 12.1. The highest BCUT2D eigenvalue weighted by Crippen LogP contribution is 2.39. The molecule has 0 N–H and O–H groups in total. The molecule has 6 heteroatoms. The molecule has 0 heterocycles. The fraction of sp³-hybridized carbons (Fsp3) is 0.957. The van der Waals surface area contributed by atoms with Crippen molar-refractivity contribution < 1.29 is 28.8 Å². The van der Waals surface area contributed by atoms with Gasteiger partial charge in [0.1, 0.15) is 34.7 Å². The summed E-state index contributed by atoms with van der Waals surface area (Å²) in [6.45, 7) is 39.3. The van der Waals surface area contributed by atoms with Crippen molar-refractivity contribution >= 4 is 34.7 Å². The van der Waals surface area contributed by atoms with E-state index in [0.29, 0.717) is 58.4 Å². The monoisotopic (exact) mass is 2020 g/mol. The van der Waals surface area contributed by atoms with Crippen LogP contribution in [0.4, 0.5) is 0 Å². The van der Waals surface area contributed by atoms with Crippen molar-refractivity contribution in [2.45, 2.75) is 780 Å². The van der Waals surface area contributed by atoms with Crippen molar-refractivity contribution in [3.63, 3.8) is 0 Å². The van der Waals surface area contributed by atoms with E-state index in [0.717, 1.165) is 138 Å². The molecule has 0 bridgehead atoms. The minimum absolute atomic E-state index is 0.205. The van der Waals surface area contributed by atoms with Crippen LogP contribution in [0.1, 0.15) is 780 Å². The van der Waals surface area contributed by atoms with E-state index >= 15 is 0 Å². The summed E-state index contributed by atoms with van der Waals surface area (Å²) < 4.78 is 0. The lowest BCUT2D eigenvalue weighted by molar-refractivity contribution is -0.122. The van der Waals surface area contributed by atoms with Gasteiger partial charge in [-0.2, -0.15) is 0 Å². The predicted octanol–water partition coefficient (Wildman–Crippen LogP) is 47.9. The van der Waals surface area contributed by atoms with Gasteiger partial charge >= 0.3 is 0 Å². The first-order chi connectivity index (χ1) is 69.9. The van der Waals surface area contributed by atoms with Gasteiger partial charge in [0, 0.05) is 76.0 Å². The second kappa shape index (κ2) is 117. The average molecular weight is 2030 g/mol. The molecule has 0 rings (SSSR count). The van der Waals surface area contributed by atoms with Gasteiger partial charge in [0.2, 0.25) is 0 Å². The van der Waals surface area contributed by atoms with Crippen molar-refractivity contribution in [1.82, 2.24) is 0 Å². The van der Waals surface area contributed by atoms with Crippen LogP contribution in [0, 0.1) is 71.0 Å². The number of carbonyl (C=O) groups is 6. The van der Waals surface area contributed by atoms with Crippen molar-refractivity contribution in [2.24, 2.45) is 71.0 Å². The standard InChI is InChI=1S/C48H94O2.C46H90O2.C44H86O2/c1-7-9-11-13-17-23-29-35-45(37-31-25-19-15-21-27-33-39-47(49)41-43(3)4)46(36-30-24-18-14-12-10-8-2)38-32-26-20-16-22-28-34-40-48(50)42-44(5)6;1-7-9-11-13-17-23-29-35-43(37-31-25-19-15-21-27-33-39-45(47)41(3)4)44(36-30-24-18-14-12-10-8-2)38-32-26-20-16-22-28-34-40-46(48)42(5)6;1-7-9-11-13-15-19-25-31-41(33-27-21-17-23-29-35-43(45)37-39(3)4)42(32-26-20-16-14-12-10-8-2)34-28-22-18-24-30-36-44(46)38-40(5)6/h43-46H,7-42H2,1-6H3;41-44H,7-40H2,1-6H3;39-42H,7-38H2,1-6H3. The number of hydrogen-bond donors (Lipinski definition) is 0. The Balaban J connectivity index is -0.00000207. The Bertz CT molecular complexity index is 2420. The molecule has 0 saturated heterocycles. The van der Waals surface area contributed by atoms with E-state index < -0.39 is 0 Å². The lowest BCUT2D eigenvalue weighted by Crippen LogP contribution is -2.16. The number of hydrogen-bond acceptors (Lipinski definition) is 6. The Hall–Kier alpha value is -1.98. The van der Waals surface area contributed by atoms with Gasteiger partial charge < -0.3 is 0 Å². The third kappa shape index (κ3) is 111. The number of ketones is 6. The highest BCUT2D eigenvalue weighted by atomic mass is 16.1. The topological polar surface area (TPSA) is 102 Å². The maximum Gasteiger partial charge on any atom is 0.135 e. The van der Waals surface area contributed by atoms with Crippen LogP contribution in [0.15, 0.2) is 0 Å². The highest BCUT2D eigenvalue weighted by molar-refractivity contribution is 5.81. The Morgan fingerprint density at radius 1 is 0.125 bits per heavy atom. The van der Waals surface area contributed by atoms with Crippen LogP contribution in [0.3, 0.4) is 0 Å². The summed E-state index contributed by atoms with van der Waals surface area (Å²) in [6.07, 6.45) is 135. The van der Waals surface area contributed by atoms with Gasteiger partial charge in [0.05, 0.1) is 0 Å². The molecule has 0 aromatic rings. The van der Waals surface area contributed by atoms with E-state index in [1.54, 1.807) is 0 Å². The molecule has 6 nitrogen and oxygen atoms in total. The maximum absolute atomic E-state index is 12.1. The highest BCUT2D eigenvalue weighted by Gasteiger charge is 2.26. The molecule has 0 amide bonds. The van der Waals surface area contributed by atoms with E-state index in [1.165, 1.54) is 552 Å². The molecular weight excluding hydrogens is 1750 g/mol. The molecule has 144 heavy (non-hydrogen) atoms. The van der Waals surface area contributed by atoms with Gasteiger partial charge in [-0.3, -0.25) is 28.8 Å². The number of unbranched alkanes of at least 4 members (excludes halogenated alkanes) is 68. The van der Waals surface area contributed by atoms with Gasteiger partial charge in [-0.15, -0.1) is 0 Å². The van der Waals surface area contributed by atoms with Crippen molar-refractivity contribution in [1.29, 1.82) is 0 Å². The summed E-state index contributed by atoms with van der Waals surface area (Å²) in [5, 5.41) is 0. The second-order valence-electron chi connectivity index (χ2n) is 50.5. The second-order valence-corrected chi connectivity index (χ2v) is 50.5. The summed E-state index contributed by atoms with van der Waals surface area (Å²) >= 11 is 0. The van der Waals surface area contributed by atoms with Crippen LogP contribution in [-0.4, -0.2) is 34.7 Å². The zero-order chi connectivity index (χ0) is 107. The minimum Gasteiger partial charge on any atom is -0.300 e. The summed E-state index contributed by atoms with van der Waals surface area (Å²) in [5.41, 5.74) is 0. The normalized spacial score (nSPS) is 13.1.